The normalized spacial score (nSPS) is 29.8. The second kappa shape index (κ2) is 12.1. The number of fused-ring (bicyclic) bond motifs is 2. The highest BCUT2D eigenvalue weighted by Crippen LogP contribution is 2.59. The topological polar surface area (TPSA) is 266 Å². The lowest BCUT2D eigenvalue weighted by Gasteiger charge is -2.26. The van der Waals surface area contributed by atoms with Crippen LogP contribution in [0, 0.1) is 0 Å². The Morgan fingerprint density at radius 1 is 1.17 bits per heavy atom. The van der Waals surface area contributed by atoms with Gasteiger partial charge >= 0.3 is 20.0 Å². The van der Waals surface area contributed by atoms with Gasteiger partial charge in [0.05, 0.1) is 19.3 Å². The number of ether oxygens (including phenoxy) is 2. The molecule has 1 spiro atoms. The van der Waals surface area contributed by atoms with Crippen molar-refractivity contribution in [3.63, 3.8) is 0 Å². The minimum absolute atomic E-state index is 0.0644. The first-order chi connectivity index (χ1) is 22.4. The molecule has 20 nitrogen and oxygen atoms in total. The molecule has 1 aliphatic carbocycles. The van der Waals surface area contributed by atoms with Crippen molar-refractivity contribution in [3.05, 3.63) is 25.3 Å². The van der Waals surface area contributed by atoms with Gasteiger partial charge in [0.25, 0.3) is 0 Å². The number of rotatable bonds is 10. The summed E-state index contributed by atoms with van der Waals surface area (Å²) in [6.45, 7) is -4.76. The first-order valence-electron chi connectivity index (χ1n) is 13.6. The first kappa shape index (κ1) is 32.5. The Hall–Kier alpha value is -3.08. The van der Waals surface area contributed by atoms with Gasteiger partial charge in [0.2, 0.25) is 0 Å². The molecule has 4 aromatic heterocycles. The lowest BCUT2D eigenvalue weighted by molar-refractivity contribution is -0.0483. The van der Waals surface area contributed by atoms with E-state index in [1.807, 2.05) is 0 Å². The average Bonchev–Trinajstić information content (AvgIpc) is 3.26. The number of aliphatic hydroxyl groups excluding tert-OH is 1. The summed E-state index contributed by atoms with van der Waals surface area (Å²) < 4.78 is 58.8. The fourth-order valence-corrected chi connectivity index (χ4v) is 7.90. The van der Waals surface area contributed by atoms with Crippen LogP contribution in [0.5, 0.6) is 0 Å². The van der Waals surface area contributed by atoms with Crippen LogP contribution >= 0.6 is 26.2 Å². The van der Waals surface area contributed by atoms with Crippen molar-refractivity contribution < 1.29 is 51.9 Å². The summed E-state index contributed by atoms with van der Waals surface area (Å²) in [4.78, 5) is 46.5. The maximum Gasteiger partial charge on any atom is 0.582 e. The molecular weight excluding hydrogens is 709 g/mol. The number of carboxylic acid groups (broad SMARTS) is 1. The smallest absolute Gasteiger partial charge is 0.465 e. The highest BCUT2D eigenvalue weighted by atomic mass is 32.7. The van der Waals surface area contributed by atoms with Crippen LogP contribution in [0.15, 0.2) is 25.3 Å². The van der Waals surface area contributed by atoms with E-state index in [2.05, 4.69) is 47.5 Å². The van der Waals surface area contributed by atoms with E-state index in [0.29, 0.717) is 12.8 Å². The number of nitrogens with zero attached hydrogens (tertiary/aromatic N) is 8. The van der Waals surface area contributed by atoms with E-state index in [0.717, 1.165) is 6.33 Å². The lowest BCUT2D eigenvalue weighted by atomic mass is 10.1. The number of hydrogen-bond acceptors (Lipinski definition) is 16. The molecule has 3 unspecified atom stereocenters. The van der Waals surface area contributed by atoms with Crippen LogP contribution < -0.4 is 11.1 Å². The summed E-state index contributed by atoms with van der Waals surface area (Å²) in [6.07, 6.45) is -5.41. The van der Waals surface area contributed by atoms with Gasteiger partial charge in [-0.15, -0.1) is 4.52 Å². The van der Waals surface area contributed by atoms with Gasteiger partial charge in [-0.05, 0) is 29.2 Å². The maximum atomic E-state index is 15.7. The molecule has 1 amide bonds. The van der Waals surface area contributed by atoms with Gasteiger partial charge < -0.3 is 34.8 Å². The van der Waals surface area contributed by atoms with E-state index in [9.17, 15) is 19.4 Å². The number of anilines is 2. The number of carbonyl (C=O) groups is 1. The second-order valence-electron chi connectivity index (χ2n) is 10.7. The molecule has 1 saturated carbocycles. The first-order valence-corrected chi connectivity index (χ1v) is 18.5. The van der Waals surface area contributed by atoms with E-state index in [-0.39, 0.29) is 34.0 Å². The van der Waals surface area contributed by atoms with Crippen molar-refractivity contribution in [2.75, 3.05) is 17.7 Å². The number of hydrogen-bond donors (Lipinski definition) is 6. The summed E-state index contributed by atoms with van der Waals surface area (Å²) in [5, 5.41) is 22.6. The molecule has 4 aromatic rings. The SMILES string of the molecule is Nc1ncnc2c1ncn2[C@@H]1OC(COP(O)(=S)O[C@H]2[C@@H](O)[C@H](n3cnc4c(NC(=O)O)ncnc43)OC23CC3)[C@@H](O[P+](=O)S)[C@H]1F. The van der Waals surface area contributed by atoms with Gasteiger partial charge in [0.15, 0.2) is 53.2 Å². The second-order valence-corrected chi connectivity index (χ2v) is 15.2. The average molecular weight is 734 g/mol. The van der Waals surface area contributed by atoms with Gasteiger partial charge in [0.1, 0.15) is 54.3 Å². The monoisotopic (exact) mass is 733 g/mol. The lowest BCUT2D eigenvalue weighted by Crippen LogP contribution is -2.36. The molecule has 2 aliphatic heterocycles. The van der Waals surface area contributed by atoms with E-state index in [4.69, 9.17) is 45.7 Å². The van der Waals surface area contributed by atoms with Gasteiger partial charge in [0, 0.05) is 0 Å². The van der Waals surface area contributed by atoms with Crippen molar-refractivity contribution in [1.82, 2.24) is 39.0 Å². The molecule has 9 atom stereocenters. The predicted octanol–water partition coefficient (Wildman–Crippen LogP) is 1.59. The minimum atomic E-state index is -4.19. The van der Waals surface area contributed by atoms with Crippen molar-refractivity contribution in [3.8, 4) is 0 Å². The van der Waals surface area contributed by atoms with Crippen LogP contribution in [-0.2, 0) is 39.4 Å². The minimum Gasteiger partial charge on any atom is -0.465 e. The number of nitrogen functional groups attached to an aromatic ring is 1. The van der Waals surface area contributed by atoms with E-state index >= 15 is 4.39 Å². The molecular formula is C22H24FN10O10P2S2+. The third-order valence-corrected chi connectivity index (χ3v) is 10.1. The quantitative estimate of drug-likeness (QED) is 0.0998. The number of aromatic nitrogens is 8. The van der Waals surface area contributed by atoms with E-state index in [1.165, 1.54) is 28.1 Å². The summed E-state index contributed by atoms with van der Waals surface area (Å²) in [5.74, 6) is -0.00761. The summed E-state index contributed by atoms with van der Waals surface area (Å²) >= 11 is 9.00. The van der Waals surface area contributed by atoms with Gasteiger partial charge in [-0.2, -0.15) is 0 Å². The molecule has 6 N–H and O–H groups in total. The van der Waals surface area contributed by atoms with Gasteiger partial charge in [-0.25, -0.2) is 39.1 Å². The molecule has 3 fully saturated rings. The van der Waals surface area contributed by atoms with Crippen LogP contribution in [0.3, 0.4) is 0 Å². The molecule has 0 aromatic carbocycles. The number of nitrogens with two attached hydrogens (primary N) is 1. The fourth-order valence-electron chi connectivity index (χ4n) is 5.65. The molecule has 250 valence electrons. The fraction of sp³-hybridized carbons (Fsp3) is 0.500. The standard InChI is InChI=1S/C22H23FN10O10P2S2/c23-9-13(42-44(37)46)8(40-19(9)32-6-29-10-15(24)25-4-27-17(10)32)3-39-45(38,47)43-14-12(34)20(41-22(14)1-2-22)33-7-30-11-16(31-21(35)36)26-5-28-18(11)33/h4-9,12-14,19-20,34H,1-3H2,(H5-,24,25,26,27,28,31,35,36,37,38,46,47)/p+1/t8?,9-,12-,13-,14+,19-,20-,45?/m1/s1. The molecule has 3 aliphatic rings. The van der Waals surface area contributed by atoms with Crippen molar-refractivity contribution in [2.24, 2.45) is 0 Å². The zero-order valence-corrected chi connectivity index (χ0v) is 27.0. The Labute approximate surface area is 273 Å². The summed E-state index contributed by atoms with van der Waals surface area (Å²) in [6, 6.07) is 0. The Bertz CT molecular complexity index is 1940. The Morgan fingerprint density at radius 2 is 1.83 bits per heavy atom. The Balaban J connectivity index is 1.07. The molecule has 2 saturated heterocycles. The van der Waals surface area contributed by atoms with Crippen molar-refractivity contribution >= 4 is 78.1 Å². The van der Waals surface area contributed by atoms with E-state index in [1.54, 1.807) is 0 Å². The Kier molecular flexibility index (Phi) is 8.36. The Morgan fingerprint density at radius 3 is 2.51 bits per heavy atom. The molecule has 0 bridgehead atoms. The van der Waals surface area contributed by atoms with Crippen molar-refractivity contribution in [1.29, 1.82) is 0 Å². The number of nitrogens with one attached hydrogen (secondary N) is 1. The molecule has 6 heterocycles. The number of imidazole rings is 2. The zero-order valence-electron chi connectivity index (χ0n) is 23.5. The summed E-state index contributed by atoms with van der Waals surface area (Å²) in [5.41, 5.74) is 5.44. The third-order valence-electron chi connectivity index (χ3n) is 7.87. The third kappa shape index (κ3) is 5.95. The number of halogens is 1. The van der Waals surface area contributed by atoms with Crippen LogP contribution in [-0.4, -0.2) is 103 Å². The van der Waals surface area contributed by atoms with Crippen LogP contribution in [0.4, 0.5) is 20.8 Å². The number of aliphatic hydroxyl groups is 1. The highest BCUT2D eigenvalue weighted by molar-refractivity contribution is 8.39. The number of thiol groups is 1. The highest BCUT2D eigenvalue weighted by Gasteiger charge is 2.64. The van der Waals surface area contributed by atoms with Crippen molar-refractivity contribution in [2.45, 2.75) is 61.5 Å². The van der Waals surface area contributed by atoms with Gasteiger partial charge in [-0.1, -0.05) is 0 Å². The maximum absolute atomic E-state index is 15.7. The van der Waals surface area contributed by atoms with E-state index < -0.39 is 75.3 Å². The number of alkyl halides is 1. The number of amides is 1. The predicted molar refractivity (Wildman–Crippen MR) is 162 cm³/mol. The summed E-state index contributed by atoms with van der Waals surface area (Å²) in [7, 11) is -2.60. The van der Waals surface area contributed by atoms with Gasteiger partial charge in [-0.3, -0.25) is 19.0 Å². The van der Waals surface area contributed by atoms with Crippen LogP contribution in [0.2, 0.25) is 0 Å². The largest absolute Gasteiger partial charge is 0.582 e. The van der Waals surface area contributed by atoms with Crippen LogP contribution in [0.1, 0.15) is 25.3 Å². The molecule has 47 heavy (non-hydrogen) atoms. The molecule has 0 radical (unpaired) electrons. The molecule has 7 rings (SSSR count). The van der Waals surface area contributed by atoms with Crippen LogP contribution in [0.25, 0.3) is 22.3 Å². The zero-order chi connectivity index (χ0) is 33.2. The molecule has 25 heteroatoms.